The second-order valence-electron chi connectivity index (χ2n) is 4.85. The average molecular weight is 318 g/mol. The topological polar surface area (TPSA) is 67.8 Å². The van der Waals surface area contributed by atoms with Gasteiger partial charge in [-0.1, -0.05) is 48.0 Å². The van der Waals surface area contributed by atoms with Crippen molar-refractivity contribution in [2.75, 3.05) is 5.32 Å². The highest BCUT2D eigenvalue weighted by Crippen LogP contribution is 2.25. The van der Waals surface area contributed by atoms with E-state index >= 15 is 0 Å². The fraction of sp³-hybridized carbons (Fsp3) is 0.133. The molecule has 3 rings (SSSR count). The van der Waals surface area contributed by atoms with Gasteiger partial charge in [0, 0.05) is 5.46 Å². The molecule has 0 aromatic heterocycles. The van der Waals surface area contributed by atoms with E-state index in [1.165, 1.54) is 0 Å². The first-order valence-electron chi connectivity index (χ1n) is 6.74. The third kappa shape index (κ3) is 3.09. The molecule has 0 saturated carbocycles. The van der Waals surface area contributed by atoms with E-state index in [2.05, 4.69) is 5.32 Å². The molecule has 0 spiro atoms. The van der Waals surface area contributed by atoms with E-state index in [1.54, 1.807) is 12.1 Å². The summed E-state index contributed by atoms with van der Waals surface area (Å²) in [6, 6.07) is 12.8. The van der Waals surface area contributed by atoms with E-state index < -0.39 is 13.2 Å². The van der Waals surface area contributed by atoms with Crippen LogP contribution in [0, 0.1) is 0 Å². The first-order valence-corrected chi connectivity index (χ1v) is 7.11. The minimum atomic E-state index is -1.07. The maximum Gasteiger partial charge on any atom is 0.493 e. The van der Waals surface area contributed by atoms with Crippen LogP contribution in [0.5, 0.6) is 0 Å². The summed E-state index contributed by atoms with van der Waals surface area (Å²) >= 11 is 6.20. The van der Waals surface area contributed by atoms with E-state index in [4.69, 9.17) is 21.0 Å². The number of carbonyl (C=O) groups excluding carboxylic acids is 1. The lowest BCUT2D eigenvalue weighted by atomic mass is 9.79. The van der Waals surface area contributed by atoms with Gasteiger partial charge in [-0.3, -0.25) is 5.32 Å². The van der Waals surface area contributed by atoms with Crippen molar-refractivity contribution in [3.05, 3.63) is 58.6 Å². The van der Waals surface area contributed by atoms with Crippen molar-refractivity contribution >= 4 is 36.0 Å². The van der Waals surface area contributed by atoms with Gasteiger partial charge in [0.25, 0.3) is 0 Å². The van der Waals surface area contributed by atoms with Gasteiger partial charge >= 0.3 is 13.2 Å². The number of halogens is 1. The Balaban J connectivity index is 1.66. The Bertz CT molecular complexity index is 695. The van der Waals surface area contributed by atoms with Crippen LogP contribution < -0.4 is 10.8 Å². The number of anilines is 1. The Kier molecular flexibility index (Phi) is 4.33. The Hall–Kier alpha value is -2.02. The lowest BCUT2D eigenvalue weighted by Crippen LogP contribution is -2.30. The number of rotatable bonds is 3. The van der Waals surface area contributed by atoms with E-state index in [0.717, 1.165) is 11.1 Å². The average Bonchev–Trinajstić information content (AvgIpc) is 2.91. The molecule has 5 nitrogen and oxygen atoms in total. The van der Waals surface area contributed by atoms with Crippen molar-refractivity contribution in [1.29, 1.82) is 0 Å². The van der Waals surface area contributed by atoms with Crippen molar-refractivity contribution in [2.24, 2.45) is 0 Å². The van der Waals surface area contributed by atoms with Crippen molar-refractivity contribution in [2.45, 2.75) is 13.2 Å². The number of benzene rings is 2. The first-order chi connectivity index (χ1) is 10.6. The van der Waals surface area contributed by atoms with Crippen LogP contribution in [-0.4, -0.2) is 18.2 Å². The molecule has 1 heterocycles. The predicted octanol–water partition coefficient (Wildman–Crippen LogP) is 2.31. The molecule has 0 radical (unpaired) electrons. The zero-order valence-corrected chi connectivity index (χ0v) is 12.3. The van der Waals surface area contributed by atoms with Gasteiger partial charge in [0.05, 0.1) is 17.3 Å². The number of carbonyl (C=O) groups is 1. The molecule has 7 heteroatoms. The molecule has 0 fully saturated rings. The van der Waals surface area contributed by atoms with E-state index in [9.17, 15) is 9.82 Å². The molecule has 1 aliphatic heterocycles. The largest absolute Gasteiger partial charge is 0.493 e. The summed E-state index contributed by atoms with van der Waals surface area (Å²) in [5.41, 5.74) is 2.56. The molecule has 2 aromatic rings. The van der Waals surface area contributed by atoms with Crippen molar-refractivity contribution in [3.8, 4) is 0 Å². The second-order valence-corrected chi connectivity index (χ2v) is 5.23. The number of ether oxygens (including phenoxy) is 1. The van der Waals surface area contributed by atoms with Gasteiger partial charge in [0.2, 0.25) is 0 Å². The zero-order chi connectivity index (χ0) is 15.5. The van der Waals surface area contributed by atoms with Gasteiger partial charge in [-0.25, -0.2) is 4.79 Å². The Labute approximate surface area is 133 Å². The van der Waals surface area contributed by atoms with E-state index in [-0.39, 0.29) is 11.6 Å². The van der Waals surface area contributed by atoms with Crippen molar-refractivity contribution in [3.63, 3.8) is 0 Å². The fourth-order valence-corrected chi connectivity index (χ4v) is 2.57. The van der Waals surface area contributed by atoms with Gasteiger partial charge < -0.3 is 14.4 Å². The molecule has 2 aromatic carbocycles. The number of hydrogen-bond donors (Lipinski definition) is 2. The molecule has 0 bridgehead atoms. The lowest BCUT2D eigenvalue weighted by molar-refractivity contribution is 0.155. The molecular formula is C15H13BClNO4. The summed E-state index contributed by atoms with van der Waals surface area (Å²) < 4.78 is 10.2. The molecule has 1 aliphatic rings. The molecule has 0 unspecified atom stereocenters. The summed E-state index contributed by atoms with van der Waals surface area (Å²) in [6.07, 6.45) is -0.612. The summed E-state index contributed by atoms with van der Waals surface area (Å²) in [4.78, 5) is 11.8. The molecule has 22 heavy (non-hydrogen) atoms. The highest BCUT2D eigenvalue weighted by Gasteiger charge is 2.31. The Morgan fingerprint density at radius 2 is 2.09 bits per heavy atom. The fourth-order valence-electron chi connectivity index (χ4n) is 2.24. The lowest BCUT2D eigenvalue weighted by Gasteiger charge is -2.11. The monoisotopic (exact) mass is 317 g/mol. The maximum atomic E-state index is 11.8. The summed E-state index contributed by atoms with van der Waals surface area (Å²) in [7, 11) is -1.07. The maximum absolute atomic E-state index is 11.8. The van der Waals surface area contributed by atoms with E-state index in [1.807, 2.05) is 30.3 Å². The summed E-state index contributed by atoms with van der Waals surface area (Å²) in [6.45, 7) is 0.468. The molecule has 0 saturated heterocycles. The zero-order valence-electron chi connectivity index (χ0n) is 11.6. The van der Waals surface area contributed by atoms with Crippen LogP contribution >= 0.6 is 11.6 Å². The third-order valence-corrected chi connectivity index (χ3v) is 3.77. The highest BCUT2D eigenvalue weighted by atomic mass is 35.5. The smallest absolute Gasteiger partial charge is 0.444 e. The van der Waals surface area contributed by atoms with E-state index in [0.29, 0.717) is 17.8 Å². The van der Waals surface area contributed by atoms with Gasteiger partial charge in [-0.15, -0.1) is 0 Å². The number of hydrogen-bond acceptors (Lipinski definition) is 4. The van der Waals surface area contributed by atoms with Gasteiger partial charge in [0.15, 0.2) is 0 Å². The first kappa shape index (κ1) is 14.9. The van der Waals surface area contributed by atoms with Gasteiger partial charge in [-0.05, 0) is 17.2 Å². The standard InChI is InChI=1S/C15H13BClNO4/c17-14-12(7-6-11-9-22-16(20)13(11)14)18-15(19)21-8-10-4-2-1-3-5-10/h1-7,20H,8-9H2,(H,18,19). The molecule has 0 atom stereocenters. The SMILES string of the molecule is O=C(Nc1ccc2c(c1Cl)B(O)OC2)OCc1ccccc1. The van der Waals surface area contributed by atoms with Crippen LogP contribution in [0.3, 0.4) is 0 Å². The Morgan fingerprint density at radius 3 is 2.86 bits per heavy atom. The highest BCUT2D eigenvalue weighted by molar-refractivity contribution is 6.66. The molecule has 112 valence electrons. The second kappa shape index (κ2) is 6.40. The van der Waals surface area contributed by atoms with Crippen LogP contribution in [0.4, 0.5) is 10.5 Å². The normalized spacial score (nSPS) is 12.9. The van der Waals surface area contributed by atoms with Gasteiger partial charge in [0.1, 0.15) is 6.61 Å². The van der Waals surface area contributed by atoms with Crippen LogP contribution in [0.1, 0.15) is 11.1 Å². The summed E-state index contributed by atoms with van der Waals surface area (Å²) in [5, 5.41) is 12.6. The van der Waals surface area contributed by atoms with Crippen LogP contribution in [0.25, 0.3) is 0 Å². The molecular weight excluding hydrogens is 304 g/mol. The third-order valence-electron chi connectivity index (χ3n) is 3.36. The van der Waals surface area contributed by atoms with Crippen LogP contribution in [0.15, 0.2) is 42.5 Å². The van der Waals surface area contributed by atoms with Crippen molar-refractivity contribution < 1.29 is 19.2 Å². The van der Waals surface area contributed by atoms with Crippen LogP contribution in [-0.2, 0) is 22.6 Å². The molecule has 2 N–H and O–H groups in total. The predicted molar refractivity (Wildman–Crippen MR) is 84.1 cm³/mol. The molecule has 1 amide bonds. The minimum Gasteiger partial charge on any atom is -0.444 e. The Morgan fingerprint density at radius 1 is 1.32 bits per heavy atom. The number of amides is 1. The van der Waals surface area contributed by atoms with Crippen LogP contribution in [0.2, 0.25) is 5.02 Å². The van der Waals surface area contributed by atoms with Crippen molar-refractivity contribution in [1.82, 2.24) is 0 Å². The number of fused-ring (bicyclic) bond motifs is 1. The summed E-state index contributed by atoms with van der Waals surface area (Å²) in [5.74, 6) is 0. The van der Waals surface area contributed by atoms with Gasteiger partial charge in [-0.2, -0.15) is 0 Å². The number of nitrogens with one attached hydrogen (secondary N) is 1. The molecule has 0 aliphatic carbocycles. The quantitative estimate of drug-likeness (QED) is 0.853. The minimum absolute atomic E-state index is 0.168.